The lowest BCUT2D eigenvalue weighted by atomic mass is 10.3. The minimum Gasteiger partial charge on any atom is -0.325 e. The van der Waals surface area contributed by atoms with E-state index in [1.807, 2.05) is 0 Å². The van der Waals surface area contributed by atoms with E-state index in [1.54, 1.807) is 6.92 Å². The zero-order chi connectivity index (χ0) is 13.8. The van der Waals surface area contributed by atoms with E-state index >= 15 is 0 Å². The van der Waals surface area contributed by atoms with Crippen LogP contribution in [-0.4, -0.2) is 25.8 Å². The predicted molar refractivity (Wildman–Crippen MR) is 71.7 cm³/mol. The monoisotopic (exact) mass is 337 g/mol. The first-order valence-electron chi connectivity index (χ1n) is 5.29. The Morgan fingerprint density at radius 3 is 2.67 bits per heavy atom. The van der Waals surface area contributed by atoms with E-state index in [2.05, 4.69) is 21.2 Å². The molecule has 1 aromatic rings. The molecule has 0 aliphatic rings. The second-order valence-corrected chi connectivity index (χ2v) is 6.81. The van der Waals surface area contributed by atoms with Gasteiger partial charge in [0, 0.05) is 5.69 Å². The second kappa shape index (κ2) is 6.29. The summed E-state index contributed by atoms with van der Waals surface area (Å²) in [6, 6.07) is 4.04. The summed E-state index contributed by atoms with van der Waals surface area (Å²) in [6.45, 7) is 1.72. The van der Waals surface area contributed by atoms with Crippen LogP contribution in [0.5, 0.6) is 0 Å². The molecular weight excluding hydrogens is 325 g/mol. The summed E-state index contributed by atoms with van der Waals surface area (Å²) in [6.07, 6.45) is 0.461. The molecule has 0 atom stereocenters. The maximum atomic E-state index is 13.2. The van der Waals surface area contributed by atoms with Crippen molar-refractivity contribution in [1.82, 2.24) is 0 Å². The normalized spacial score (nSPS) is 11.3. The molecule has 0 saturated heterocycles. The third kappa shape index (κ3) is 4.73. The van der Waals surface area contributed by atoms with Crippen LogP contribution in [0.15, 0.2) is 22.7 Å². The molecule has 0 aliphatic heterocycles. The number of rotatable bonds is 5. The minimum atomic E-state index is -3.38. The van der Waals surface area contributed by atoms with E-state index in [0.29, 0.717) is 6.42 Å². The van der Waals surface area contributed by atoms with Crippen molar-refractivity contribution in [2.45, 2.75) is 13.3 Å². The number of hydrogen-bond acceptors (Lipinski definition) is 3. The zero-order valence-electron chi connectivity index (χ0n) is 9.74. The lowest BCUT2D eigenvalue weighted by Gasteiger charge is -2.06. The van der Waals surface area contributed by atoms with Gasteiger partial charge in [0.1, 0.15) is 11.6 Å². The van der Waals surface area contributed by atoms with Crippen LogP contribution in [0.4, 0.5) is 10.1 Å². The first-order chi connectivity index (χ1) is 8.34. The number of amides is 1. The molecule has 1 aromatic carbocycles. The number of hydrogen-bond donors (Lipinski definition) is 1. The van der Waals surface area contributed by atoms with Gasteiger partial charge in [-0.2, -0.15) is 0 Å². The molecule has 0 aliphatic carbocycles. The number of carbonyl (C=O) groups excluding carboxylic acids is 1. The van der Waals surface area contributed by atoms with E-state index in [4.69, 9.17) is 0 Å². The number of nitrogens with one attached hydrogen (secondary N) is 1. The Labute approximate surface area is 114 Å². The summed E-state index contributed by atoms with van der Waals surface area (Å²) in [5, 5.41) is 2.35. The Morgan fingerprint density at radius 1 is 1.44 bits per heavy atom. The van der Waals surface area contributed by atoms with E-state index in [9.17, 15) is 17.6 Å². The molecule has 1 rings (SSSR count). The molecular formula is C11H13BrFNO3S. The van der Waals surface area contributed by atoms with Gasteiger partial charge in [0.15, 0.2) is 9.84 Å². The van der Waals surface area contributed by atoms with Crippen LogP contribution < -0.4 is 5.32 Å². The molecule has 0 fully saturated rings. The van der Waals surface area contributed by atoms with Gasteiger partial charge in [-0.25, -0.2) is 12.8 Å². The van der Waals surface area contributed by atoms with Crippen molar-refractivity contribution >= 4 is 37.4 Å². The van der Waals surface area contributed by atoms with Crippen LogP contribution >= 0.6 is 15.9 Å². The highest BCUT2D eigenvalue weighted by molar-refractivity contribution is 9.10. The average Bonchev–Trinajstić information content (AvgIpc) is 2.22. The van der Waals surface area contributed by atoms with Crippen LogP contribution in [0.1, 0.15) is 13.3 Å². The third-order valence-electron chi connectivity index (χ3n) is 2.07. The summed E-state index contributed by atoms with van der Waals surface area (Å²) >= 11 is 2.98. The fraction of sp³-hybridized carbons (Fsp3) is 0.364. The second-order valence-electron chi connectivity index (χ2n) is 3.77. The Hall–Kier alpha value is -0.950. The van der Waals surface area contributed by atoms with Gasteiger partial charge in [0.25, 0.3) is 0 Å². The molecule has 4 nitrogen and oxygen atoms in total. The lowest BCUT2D eigenvalue weighted by molar-refractivity contribution is -0.113. The average molecular weight is 338 g/mol. The molecule has 0 radical (unpaired) electrons. The molecule has 0 bridgehead atoms. The number of anilines is 1. The summed E-state index contributed by atoms with van der Waals surface area (Å²) in [7, 11) is -3.38. The van der Waals surface area contributed by atoms with Gasteiger partial charge in [-0.3, -0.25) is 4.79 Å². The van der Waals surface area contributed by atoms with Crippen molar-refractivity contribution < 1.29 is 17.6 Å². The summed E-state index contributed by atoms with van der Waals surface area (Å²) in [4.78, 5) is 11.5. The smallest absolute Gasteiger partial charge is 0.239 e. The maximum absolute atomic E-state index is 13.2. The molecule has 18 heavy (non-hydrogen) atoms. The largest absolute Gasteiger partial charge is 0.325 e. The van der Waals surface area contributed by atoms with Crippen LogP contribution in [0.2, 0.25) is 0 Å². The van der Waals surface area contributed by atoms with Gasteiger partial charge < -0.3 is 5.32 Å². The zero-order valence-corrected chi connectivity index (χ0v) is 12.1. The van der Waals surface area contributed by atoms with E-state index in [1.165, 1.54) is 12.1 Å². The van der Waals surface area contributed by atoms with Crippen molar-refractivity contribution in [3.8, 4) is 0 Å². The Morgan fingerprint density at radius 2 is 2.11 bits per heavy atom. The van der Waals surface area contributed by atoms with Gasteiger partial charge >= 0.3 is 0 Å². The number of sulfone groups is 1. The van der Waals surface area contributed by atoms with Crippen molar-refractivity contribution in [3.05, 3.63) is 28.5 Å². The topological polar surface area (TPSA) is 63.2 Å². The van der Waals surface area contributed by atoms with Crippen LogP contribution in [0.3, 0.4) is 0 Å². The van der Waals surface area contributed by atoms with Gasteiger partial charge in [0.05, 0.1) is 10.2 Å². The lowest BCUT2D eigenvalue weighted by Crippen LogP contribution is -2.24. The molecule has 7 heteroatoms. The van der Waals surface area contributed by atoms with Crippen LogP contribution in [-0.2, 0) is 14.6 Å². The van der Waals surface area contributed by atoms with Gasteiger partial charge in [-0.15, -0.1) is 0 Å². The highest BCUT2D eigenvalue weighted by Crippen LogP contribution is 2.19. The van der Waals surface area contributed by atoms with Crippen LogP contribution in [0.25, 0.3) is 0 Å². The third-order valence-corrected chi connectivity index (χ3v) is 4.44. The molecule has 0 aromatic heterocycles. The molecule has 0 unspecified atom stereocenters. The van der Waals surface area contributed by atoms with E-state index in [0.717, 1.165) is 6.07 Å². The standard InChI is InChI=1S/C11H13BrFNO3S/c1-2-5-18(16,17)7-11(15)14-8-3-4-9(12)10(13)6-8/h3-4,6H,2,5,7H2,1H3,(H,14,15). The molecule has 1 amide bonds. The number of benzene rings is 1. The highest BCUT2D eigenvalue weighted by atomic mass is 79.9. The fourth-order valence-electron chi connectivity index (χ4n) is 1.35. The van der Waals surface area contributed by atoms with Crippen molar-refractivity contribution in [2.75, 3.05) is 16.8 Å². The van der Waals surface area contributed by atoms with Gasteiger partial charge in [0.2, 0.25) is 5.91 Å². The Kier molecular flexibility index (Phi) is 5.28. The summed E-state index contributed by atoms with van der Waals surface area (Å²) in [5.74, 6) is -1.80. The molecule has 1 N–H and O–H groups in total. The first-order valence-corrected chi connectivity index (χ1v) is 7.91. The fourth-order valence-corrected chi connectivity index (χ4v) is 2.84. The van der Waals surface area contributed by atoms with Gasteiger partial charge in [-0.1, -0.05) is 6.92 Å². The number of carbonyl (C=O) groups is 1. The Bertz CT molecular complexity index is 545. The van der Waals surface area contributed by atoms with E-state index in [-0.39, 0.29) is 15.9 Å². The van der Waals surface area contributed by atoms with Crippen molar-refractivity contribution in [1.29, 1.82) is 0 Å². The maximum Gasteiger partial charge on any atom is 0.239 e. The van der Waals surface area contributed by atoms with Gasteiger partial charge in [-0.05, 0) is 40.5 Å². The summed E-state index contributed by atoms with van der Waals surface area (Å²) < 4.78 is 36.3. The highest BCUT2D eigenvalue weighted by Gasteiger charge is 2.15. The quantitative estimate of drug-likeness (QED) is 0.896. The SMILES string of the molecule is CCCS(=O)(=O)CC(=O)Nc1ccc(Br)c(F)c1. The molecule has 0 spiro atoms. The summed E-state index contributed by atoms with van der Waals surface area (Å²) in [5.41, 5.74) is 0.229. The van der Waals surface area contributed by atoms with Crippen molar-refractivity contribution in [3.63, 3.8) is 0 Å². The Balaban J connectivity index is 2.68. The molecule has 100 valence electrons. The first kappa shape index (κ1) is 15.1. The van der Waals surface area contributed by atoms with Crippen LogP contribution in [0, 0.1) is 5.82 Å². The van der Waals surface area contributed by atoms with Crippen molar-refractivity contribution in [2.24, 2.45) is 0 Å². The predicted octanol–water partition coefficient (Wildman–Crippen LogP) is 2.35. The van der Waals surface area contributed by atoms with E-state index < -0.39 is 27.3 Å². The number of halogens is 2. The molecule has 0 saturated carbocycles. The molecule has 0 heterocycles. The minimum absolute atomic E-state index is 0.0326.